The fraction of sp³-hybridized carbons (Fsp3) is 1.00. The zero-order valence-electron chi connectivity index (χ0n) is 9.05. The van der Waals surface area contributed by atoms with Gasteiger partial charge in [-0.15, -0.1) is 11.6 Å². The molecule has 1 nitrogen and oxygen atoms in total. The zero-order chi connectivity index (χ0) is 9.97. The van der Waals surface area contributed by atoms with Gasteiger partial charge in [0.25, 0.3) is 0 Å². The molecule has 1 saturated carbocycles. The van der Waals surface area contributed by atoms with Crippen LogP contribution in [-0.4, -0.2) is 18.1 Å². The van der Waals surface area contributed by atoms with Crippen molar-refractivity contribution >= 4 is 11.6 Å². The van der Waals surface area contributed by atoms with Gasteiger partial charge in [-0.25, -0.2) is 0 Å². The van der Waals surface area contributed by atoms with Crippen molar-refractivity contribution in [2.45, 2.75) is 56.9 Å². The van der Waals surface area contributed by atoms with Gasteiger partial charge in [0.1, 0.15) is 0 Å². The molecule has 0 amide bonds. The van der Waals surface area contributed by atoms with E-state index in [4.69, 9.17) is 16.3 Å². The molecule has 1 heterocycles. The molecule has 2 aliphatic rings. The first-order valence-corrected chi connectivity index (χ1v) is 6.46. The molecule has 0 aromatic carbocycles. The lowest BCUT2D eigenvalue weighted by Gasteiger charge is -2.18. The van der Waals surface area contributed by atoms with Crippen LogP contribution in [-0.2, 0) is 4.74 Å². The number of halogens is 1. The molecular formula is C12H21ClO. The van der Waals surface area contributed by atoms with Crippen molar-refractivity contribution in [2.24, 2.45) is 11.8 Å². The number of hydrogen-bond acceptors (Lipinski definition) is 1. The van der Waals surface area contributed by atoms with Gasteiger partial charge in [0.05, 0.1) is 6.10 Å². The third-order valence-electron chi connectivity index (χ3n) is 4.01. The molecule has 1 aliphatic carbocycles. The summed E-state index contributed by atoms with van der Waals surface area (Å²) < 4.78 is 5.64. The van der Waals surface area contributed by atoms with Crippen molar-refractivity contribution in [3.05, 3.63) is 0 Å². The van der Waals surface area contributed by atoms with Gasteiger partial charge in [0, 0.05) is 12.0 Å². The van der Waals surface area contributed by atoms with Crippen LogP contribution in [0.1, 0.15) is 45.4 Å². The van der Waals surface area contributed by atoms with E-state index >= 15 is 0 Å². The Labute approximate surface area is 92.2 Å². The summed E-state index contributed by atoms with van der Waals surface area (Å²) in [5, 5.41) is 0.435. The predicted molar refractivity (Wildman–Crippen MR) is 59.7 cm³/mol. The molecule has 0 aromatic rings. The van der Waals surface area contributed by atoms with Crippen molar-refractivity contribution < 1.29 is 4.74 Å². The Morgan fingerprint density at radius 2 is 2.07 bits per heavy atom. The summed E-state index contributed by atoms with van der Waals surface area (Å²) in [5.41, 5.74) is 0. The maximum Gasteiger partial charge on any atom is 0.0576 e. The van der Waals surface area contributed by atoms with Crippen molar-refractivity contribution in [3.63, 3.8) is 0 Å². The minimum absolute atomic E-state index is 0.435. The van der Waals surface area contributed by atoms with Crippen LogP contribution in [0, 0.1) is 11.8 Å². The van der Waals surface area contributed by atoms with Crippen LogP contribution in [0.15, 0.2) is 0 Å². The average Bonchev–Trinajstić information content (AvgIpc) is 2.77. The van der Waals surface area contributed by atoms with E-state index < -0.39 is 0 Å². The van der Waals surface area contributed by atoms with Crippen LogP contribution >= 0.6 is 11.6 Å². The van der Waals surface area contributed by atoms with Crippen LogP contribution in [0.4, 0.5) is 0 Å². The predicted octanol–water partition coefficient (Wildman–Crippen LogP) is 3.60. The lowest BCUT2D eigenvalue weighted by molar-refractivity contribution is 0.0964. The number of ether oxygens (including phenoxy) is 1. The van der Waals surface area contributed by atoms with Gasteiger partial charge >= 0.3 is 0 Å². The Kier molecular flexibility index (Phi) is 3.73. The molecule has 14 heavy (non-hydrogen) atoms. The van der Waals surface area contributed by atoms with E-state index in [1.54, 1.807) is 0 Å². The van der Waals surface area contributed by atoms with Crippen LogP contribution in [0.3, 0.4) is 0 Å². The number of alkyl halides is 1. The van der Waals surface area contributed by atoms with E-state index in [0.29, 0.717) is 11.5 Å². The number of rotatable bonds is 3. The Morgan fingerprint density at radius 3 is 2.64 bits per heavy atom. The van der Waals surface area contributed by atoms with Gasteiger partial charge in [0.2, 0.25) is 0 Å². The van der Waals surface area contributed by atoms with Crippen LogP contribution in [0.5, 0.6) is 0 Å². The molecule has 0 bridgehead atoms. The maximum atomic E-state index is 6.22. The highest BCUT2D eigenvalue weighted by Crippen LogP contribution is 2.38. The van der Waals surface area contributed by atoms with E-state index in [1.165, 1.54) is 38.5 Å². The molecule has 4 atom stereocenters. The molecule has 2 rings (SSSR count). The van der Waals surface area contributed by atoms with Gasteiger partial charge in [-0.1, -0.05) is 6.92 Å². The maximum absolute atomic E-state index is 6.22. The Bertz CT molecular complexity index is 177. The molecular weight excluding hydrogens is 196 g/mol. The molecule has 0 spiro atoms. The monoisotopic (exact) mass is 216 g/mol. The van der Waals surface area contributed by atoms with Gasteiger partial charge in [0.15, 0.2) is 0 Å². The van der Waals surface area contributed by atoms with Crippen molar-refractivity contribution in [2.75, 3.05) is 6.61 Å². The summed E-state index contributed by atoms with van der Waals surface area (Å²) in [6, 6.07) is 0. The Morgan fingerprint density at radius 1 is 1.21 bits per heavy atom. The normalized spacial score (nSPS) is 43.3. The number of hydrogen-bond donors (Lipinski definition) is 0. The van der Waals surface area contributed by atoms with Gasteiger partial charge < -0.3 is 4.74 Å². The van der Waals surface area contributed by atoms with E-state index in [2.05, 4.69) is 6.92 Å². The molecule has 2 fully saturated rings. The first-order valence-electron chi connectivity index (χ1n) is 6.03. The molecule has 0 aromatic heterocycles. The van der Waals surface area contributed by atoms with Crippen LogP contribution in [0.2, 0.25) is 0 Å². The largest absolute Gasteiger partial charge is 0.378 e. The first kappa shape index (κ1) is 10.8. The third kappa shape index (κ3) is 2.43. The van der Waals surface area contributed by atoms with Crippen LogP contribution < -0.4 is 0 Å². The quantitative estimate of drug-likeness (QED) is 0.655. The Balaban J connectivity index is 1.70. The molecule has 1 saturated heterocycles. The molecule has 0 radical (unpaired) electrons. The highest BCUT2D eigenvalue weighted by molar-refractivity contribution is 6.20. The van der Waals surface area contributed by atoms with Crippen LogP contribution in [0.25, 0.3) is 0 Å². The molecule has 0 N–H and O–H groups in total. The highest BCUT2D eigenvalue weighted by atomic mass is 35.5. The average molecular weight is 217 g/mol. The van der Waals surface area contributed by atoms with E-state index in [0.717, 1.165) is 18.4 Å². The fourth-order valence-corrected chi connectivity index (χ4v) is 3.21. The topological polar surface area (TPSA) is 9.23 Å². The minimum atomic E-state index is 0.435. The molecule has 1 aliphatic heterocycles. The summed E-state index contributed by atoms with van der Waals surface area (Å²) in [6.07, 6.45) is 8.26. The van der Waals surface area contributed by atoms with Crippen molar-refractivity contribution in [3.8, 4) is 0 Å². The lowest BCUT2D eigenvalue weighted by atomic mass is 9.91. The zero-order valence-corrected chi connectivity index (χ0v) is 9.80. The minimum Gasteiger partial charge on any atom is -0.378 e. The summed E-state index contributed by atoms with van der Waals surface area (Å²) in [6.45, 7) is 3.30. The van der Waals surface area contributed by atoms with Crippen molar-refractivity contribution in [1.29, 1.82) is 0 Å². The van der Waals surface area contributed by atoms with E-state index in [-0.39, 0.29) is 0 Å². The SMILES string of the molecule is CC1C(Cl)CCC1CCC1CCCO1. The smallest absolute Gasteiger partial charge is 0.0576 e. The van der Waals surface area contributed by atoms with E-state index in [9.17, 15) is 0 Å². The van der Waals surface area contributed by atoms with Gasteiger partial charge in [-0.2, -0.15) is 0 Å². The van der Waals surface area contributed by atoms with E-state index in [1.807, 2.05) is 0 Å². The van der Waals surface area contributed by atoms with Crippen molar-refractivity contribution in [1.82, 2.24) is 0 Å². The summed E-state index contributed by atoms with van der Waals surface area (Å²) in [5.74, 6) is 1.58. The molecule has 4 unspecified atom stereocenters. The second kappa shape index (κ2) is 4.85. The second-order valence-electron chi connectivity index (χ2n) is 4.92. The first-order chi connectivity index (χ1) is 6.77. The van der Waals surface area contributed by atoms with Gasteiger partial charge in [-0.3, -0.25) is 0 Å². The fourth-order valence-electron chi connectivity index (χ4n) is 2.87. The highest BCUT2D eigenvalue weighted by Gasteiger charge is 2.31. The lowest BCUT2D eigenvalue weighted by Crippen LogP contribution is -2.14. The third-order valence-corrected chi connectivity index (χ3v) is 4.63. The standard InChI is InChI=1S/C12H21ClO/c1-9-10(5-7-12(9)13)4-6-11-3-2-8-14-11/h9-12H,2-8H2,1H3. The second-order valence-corrected chi connectivity index (χ2v) is 5.49. The summed E-state index contributed by atoms with van der Waals surface area (Å²) in [4.78, 5) is 0. The summed E-state index contributed by atoms with van der Waals surface area (Å²) >= 11 is 6.22. The Hall–Kier alpha value is 0.250. The molecule has 82 valence electrons. The molecule has 2 heteroatoms. The summed E-state index contributed by atoms with van der Waals surface area (Å²) in [7, 11) is 0. The van der Waals surface area contributed by atoms with Gasteiger partial charge in [-0.05, 0) is 50.4 Å².